The fraction of sp³-hybridized carbons (Fsp3) is 0.0476. The van der Waals surface area contributed by atoms with Crippen molar-refractivity contribution >= 4 is 32.5 Å². The van der Waals surface area contributed by atoms with Crippen LogP contribution >= 0.6 is 0 Å². The van der Waals surface area contributed by atoms with E-state index in [0.717, 1.165) is 3.97 Å². The molecule has 144 valence electrons. The summed E-state index contributed by atoms with van der Waals surface area (Å²) in [4.78, 5) is 16.0. The Morgan fingerprint density at radius 3 is 2.66 bits per heavy atom. The minimum Gasteiger partial charge on any atom is -0.324 e. The summed E-state index contributed by atoms with van der Waals surface area (Å²) in [6.45, 7) is 0. The van der Waals surface area contributed by atoms with E-state index < -0.39 is 15.8 Å². The van der Waals surface area contributed by atoms with Crippen LogP contribution in [0.15, 0.2) is 71.9 Å². The van der Waals surface area contributed by atoms with Gasteiger partial charge in [-0.3, -0.25) is 9.78 Å². The maximum absolute atomic E-state index is 14.0. The number of benzene rings is 2. The Morgan fingerprint density at radius 2 is 1.86 bits per heavy atom. The summed E-state index contributed by atoms with van der Waals surface area (Å²) in [6.07, 6.45) is 3.27. The van der Waals surface area contributed by atoms with Gasteiger partial charge < -0.3 is 5.32 Å². The minimum absolute atomic E-state index is 0.104. The summed E-state index contributed by atoms with van der Waals surface area (Å²) in [5, 5.41) is 3.31. The molecule has 2 aromatic heterocycles. The van der Waals surface area contributed by atoms with Crippen LogP contribution < -0.4 is 5.32 Å². The number of anilines is 1. The molecule has 4 aromatic rings. The van der Waals surface area contributed by atoms with E-state index in [1.807, 2.05) is 0 Å². The van der Waals surface area contributed by atoms with Crippen molar-refractivity contribution in [1.29, 1.82) is 0 Å². The number of carbonyl (C=O) groups is 1. The van der Waals surface area contributed by atoms with E-state index in [4.69, 9.17) is 0 Å². The molecule has 0 fully saturated rings. The Bertz CT molecular complexity index is 1400. The lowest BCUT2D eigenvalue weighted by atomic mass is 10.1. The van der Waals surface area contributed by atoms with E-state index in [9.17, 15) is 17.6 Å². The zero-order valence-electron chi connectivity index (χ0n) is 15.0. The Kier molecular flexibility index (Phi) is 3.78. The quantitative estimate of drug-likeness (QED) is 0.563. The third-order valence-corrected chi connectivity index (χ3v) is 6.60. The molecule has 0 atom stereocenters. The first-order chi connectivity index (χ1) is 13.9. The molecule has 1 N–H and O–H groups in total. The molecule has 0 aliphatic carbocycles. The molecule has 6 nitrogen and oxygen atoms in total. The van der Waals surface area contributed by atoms with Gasteiger partial charge in [0.25, 0.3) is 10.0 Å². The molecule has 1 aliphatic heterocycles. The van der Waals surface area contributed by atoms with Gasteiger partial charge in [-0.05, 0) is 36.4 Å². The summed E-state index contributed by atoms with van der Waals surface area (Å²) in [5.41, 5.74) is 2.68. The van der Waals surface area contributed by atoms with E-state index in [-0.39, 0.29) is 22.7 Å². The summed E-state index contributed by atoms with van der Waals surface area (Å²) in [7, 11) is -3.93. The number of hydrogen-bond donors (Lipinski definition) is 1. The fourth-order valence-electron chi connectivity index (χ4n) is 3.54. The van der Waals surface area contributed by atoms with Crippen LogP contribution in [-0.2, 0) is 21.2 Å². The van der Waals surface area contributed by atoms with Gasteiger partial charge in [0.1, 0.15) is 5.82 Å². The number of amides is 1. The first kappa shape index (κ1) is 17.6. The third kappa shape index (κ3) is 2.80. The molecule has 1 aliphatic rings. The lowest BCUT2D eigenvalue weighted by molar-refractivity contribution is -0.115. The van der Waals surface area contributed by atoms with Gasteiger partial charge in [0.2, 0.25) is 5.91 Å². The van der Waals surface area contributed by atoms with Gasteiger partial charge in [0, 0.05) is 28.9 Å². The Hall–Kier alpha value is -3.52. The second kappa shape index (κ2) is 6.25. The van der Waals surface area contributed by atoms with Crippen molar-refractivity contribution in [3.8, 4) is 11.1 Å². The van der Waals surface area contributed by atoms with Crippen molar-refractivity contribution in [3.05, 3.63) is 78.5 Å². The normalized spacial score (nSPS) is 13.5. The molecule has 8 heteroatoms. The smallest absolute Gasteiger partial charge is 0.268 e. The summed E-state index contributed by atoms with van der Waals surface area (Å²) in [5.74, 6) is -0.674. The van der Waals surface area contributed by atoms with Crippen LogP contribution in [0.3, 0.4) is 0 Å². The van der Waals surface area contributed by atoms with Gasteiger partial charge in [-0.2, -0.15) is 0 Å². The highest BCUT2D eigenvalue weighted by Crippen LogP contribution is 2.35. The molecule has 2 aromatic carbocycles. The molecule has 3 heterocycles. The first-order valence-corrected chi connectivity index (χ1v) is 10.3. The SMILES string of the molecule is O=C1Cc2ncc(-c3cn(S(=O)(=O)c4ccccc4)c4cc(F)ccc34)cc2N1. The monoisotopic (exact) mass is 407 g/mol. The summed E-state index contributed by atoms with van der Waals surface area (Å²) in [6, 6.07) is 13.8. The first-order valence-electron chi connectivity index (χ1n) is 8.84. The van der Waals surface area contributed by atoms with Crippen molar-refractivity contribution in [2.45, 2.75) is 11.3 Å². The van der Waals surface area contributed by atoms with Gasteiger partial charge >= 0.3 is 0 Å². The van der Waals surface area contributed by atoms with Crippen LogP contribution in [0.1, 0.15) is 5.69 Å². The molecular formula is C21H14FN3O3S. The molecule has 0 radical (unpaired) electrons. The number of pyridine rings is 1. The molecule has 0 spiro atoms. The van der Waals surface area contributed by atoms with Crippen LogP contribution in [0.25, 0.3) is 22.0 Å². The van der Waals surface area contributed by atoms with E-state index in [0.29, 0.717) is 27.9 Å². The van der Waals surface area contributed by atoms with Crippen LogP contribution in [-0.4, -0.2) is 23.3 Å². The fourth-order valence-corrected chi connectivity index (χ4v) is 4.92. The molecule has 29 heavy (non-hydrogen) atoms. The Morgan fingerprint density at radius 1 is 1.07 bits per heavy atom. The number of halogens is 1. The minimum atomic E-state index is -3.93. The van der Waals surface area contributed by atoms with E-state index in [1.54, 1.807) is 36.5 Å². The molecular weight excluding hydrogens is 393 g/mol. The number of fused-ring (bicyclic) bond motifs is 2. The van der Waals surface area contributed by atoms with Crippen molar-refractivity contribution in [1.82, 2.24) is 8.96 Å². The van der Waals surface area contributed by atoms with Crippen molar-refractivity contribution < 1.29 is 17.6 Å². The number of aromatic nitrogens is 2. The number of nitrogens with zero attached hydrogens (tertiary/aromatic N) is 2. The molecule has 0 saturated carbocycles. The van der Waals surface area contributed by atoms with Gasteiger partial charge in [-0.15, -0.1) is 0 Å². The predicted molar refractivity (Wildman–Crippen MR) is 106 cm³/mol. The van der Waals surface area contributed by atoms with E-state index in [2.05, 4.69) is 10.3 Å². The maximum atomic E-state index is 14.0. The highest BCUT2D eigenvalue weighted by Gasteiger charge is 2.24. The molecule has 0 saturated heterocycles. The van der Waals surface area contributed by atoms with Crippen LogP contribution in [0.4, 0.5) is 10.1 Å². The van der Waals surface area contributed by atoms with Crippen LogP contribution in [0.5, 0.6) is 0 Å². The van der Waals surface area contributed by atoms with Crippen molar-refractivity contribution in [2.24, 2.45) is 0 Å². The zero-order valence-corrected chi connectivity index (χ0v) is 15.8. The third-order valence-electron chi connectivity index (χ3n) is 4.92. The average molecular weight is 407 g/mol. The van der Waals surface area contributed by atoms with Crippen LogP contribution in [0.2, 0.25) is 0 Å². The predicted octanol–water partition coefficient (Wildman–Crippen LogP) is 3.57. The Labute approximate surface area is 165 Å². The second-order valence-corrected chi connectivity index (χ2v) is 8.58. The standard InChI is InChI=1S/C21H14FN3O3S/c22-14-6-7-16-17(13-8-19-18(23-11-13)10-21(26)24-19)12-25(20(16)9-14)29(27,28)15-4-2-1-3-5-15/h1-9,11-12H,10H2,(H,24,26). The largest absolute Gasteiger partial charge is 0.324 e. The number of nitrogens with one attached hydrogen (secondary N) is 1. The Balaban J connectivity index is 1.75. The highest BCUT2D eigenvalue weighted by molar-refractivity contribution is 7.90. The van der Waals surface area contributed by atoms with Gasteiger partial charge in [-0.25, -0.2) is 16.8 Å². The average Bonchev–Trinajstić information content (AvgIpc) is 3.27. The van der Waals surface area contributed by atoms with Crippen molar-refractivity contribution in [3.63, 3.8) is 0 Å². The summed E-state index contributed by atoms with van der Waals surface area (Å²) < 4.78 is 41.5. The number of rotatable bonds is 3. The zero-order chi connectivity index (χ0) is 20.2. The van der Waals surface area contributed by atoms with Crippen LogP contribution in [0, 0.1) is 5.82 Å². The van der Waals surface area contributed by atoms with Gasteiger partial charge in [0.15, 0.2) is 0 Å². The molecule has 0 unspecified atom stereocenters. The van der Waals surface area contributed by atoms with Gasteiger partial charge in [0.05, 0.1) is 28.2 Å². The molecule has 1 amide bonds. The summed E-state index contributed by atoms with van der Waals surface area (Å²) >= 11 is 0. The number of carbonyl (C=O) groups excluding carboxylic acids is 1. The molecule has 5 rings (SSSR count). The van der Waals surface area contributed by atoms with E-state index in [1.165, 1.54) is 30.5 Å². The van der Waals surface area contributed by atoms with E-state index >= 15 is 0 Å². The highest BCUT2D eigenvalue weighted by atomic mass is 32.2. The second-order valence-electron chi connectivity index (χ2n) is 6.76. The lowest BCUT2D eigenvalue weighted by Gasteiger charge is -2.07. The lowest BCUT2D eigenvalue weighted by Crippen LogP contribution is -2.11. The topological polar surface area (TPSA) is 81.1 Å². The maximum Gasteiger partial charge on any atom is 0.268 e. The molecule has 0 bridgehead atoms. The number of hydrogen-bond acceptors (Lipinski definition) is 4. The van der Waals surface area contributed by atoms with Gasteiger partial charge in [-0.1, -0.05) is 18.2 Å². The van der Waals surface area contributed by atoms with Crippen molar-refractivity contribution in [2.75, 3.05) is 5.32 Å².